The molecule has 17 heavy (non-hydrogen) atoms. The molecule has 0 amide bonds. The van der Waals surface area contributed by atoms with Crippen LogP contribution in [0.15, 0.2) is 18.2 Å². The van der Waals surface area contributed by atoms with Crippen LogP contribution in [0.4, 0.5) is 0 Å². The zero-order valence-corrected chi connectivity index (χ0v) is 10.4. The monoisotopic (exact) mass is 234 g/mol. The molecule has 1 aromatic rings. The maximum atomic E-state index is 11.3. The topological polar surface area (TPSA) is 35.5 Å². The lowest BCUT2D eigenvalue weighted by Gasteiger charge is -2.16. The highest BCUT2D eigenvalue weighted by atomic mass is 16.5. The largest absolute Gasteiger partial charge is 0.493 e. The first-order valence-electron chi connectivity index (χ1n) is 6.06. The van der Waals surface area contributed by atoms with Crippen molar-refractivity contribution in [1.82, 2.24) is 0 Å². The van der Waals surface area contributed by atoms with Gasteiger partial charge in [-0.05, 0) is 50.8 Å². The van der Waals surface area contributed by atoms with Gasteiger partial charge < -0.3 is 9.47 Å². The Kier molecular flexibility index (Phi) is 3.67. The third kappa shape index (κ3) is 2.78. The van der Waals surface area contributed by atoms with Gasteiger partial charge in [0.15, 0.2) is 17.3 Å². The number of ketones is 1. The number of carbonyl (C=O) groups excluding carboxylic acids is 1. The second kappa shape index (κ2) is 5.21. The van der Waals surface area contributed by atoms with Gasteiger partial charge in [-0.3, -0.25) is 4.79 Å². The lowest BCUT2D eigenvalue weighted by molar-refractivity contribution is 0.101. The Hall–Kier alpha value is -1.51. The summed E-state index contributed by atoms with van der Waals surface area (Å²) in [5, 5.41) is 0. The van der Waals surface area contributed by atoms with Crippen molar-refractivity contribution >= 4 is 5.78 Å². The van der Waals surface area contributed by atoms with Gasteiger partial charge in [-0.15, -0.1) is 0 Å². The number of methoxy groups -OCH3 is 1. The molecule has 2 rings (SSSR count). The summed E-state index contributed by atoms with van der Waals surface area (Å²) >= 11 is 0. The van der Waals surface area contributed by atoms with Gasteiger partial charge in [0.25, 0.3) is 0 Å². The van der Waals surface area contributed by atoms with Crippen molar-refractivity contribution in [3.05, 3.63) is 23.8 Å². The van der Waals surface area contributed by atoms with Gasteiger partial charge in [0.05, 0.1) is 13.2 Å². The molecule has 0 saturated heterocycles. The van der Waals surface area contributed by atoms with E-state index < -0.39 is 0 Å². The first-order valence-corrected chi connectivity index (χ1v) is 6.06. The highest BCUT2D eigenvalue weighted by Gasteiger charge is 2.18. The van der Waals surface area contributed by atoms with Crippen LogP contribution < -0.4 is 9.47 Å². The van der Waals surface area contributed by atoms with Crippen molar-refractivity contribution in [1.29, 1.82) is 0 Å². The molecule has 92 valence electrons. The van der Waals surface area contributed by atoms with E-state index in [2.05, 4.69) is 0 Å². The van der Waals surface area contributed by atoms with Gasteiger partial charge in [-0.25, -0.2) is 0 Å². The quantitative estimate of drug-likeness (QED) is 0.750. The predicted octanol–water partition coefficient (Wildman–Crippen LogP) is 3.22. The minimum Gasteiger partial charge on any atom is -0.493 e. The normalized spacial score (nSPS) is 15.9. The number of ether oxygens (including phenoxy) is 2. The lowest BCUT2D eigenvalue weighted by Crippen LogP contribution is -2.12. The molecular formula is C14H18O3. The Bertz CT molecular complexity index is 406. The van der Waals surface area contributed by atoms with Crippen LogP contribution in [0.3, 0.4) is 0 Å². The second-order valence-corrected chi connectivity index (χ2v) is 4.45. The molecule has 1 aliphatic rings. The Morgan fingerprint density at radius 1 is 1.24 bits per heavy atom. The highest BCUT2D eigenvalue weighted by molar-refractivity contribution is 5.94. The molecule has 1 saturated carbocycles. The van der Waals surface area contributed by atoms with E-state index in [-0.39, 0.29) is 11.9 Å². The van der Waals surface area contributed by atoms with Crippen LogP contribution >= 0.6 is 0 Å². The third-order valence-electron chi connectivity index (χ3n) is 3.17. The van der Waals surface area contributed by atoms with Crippen LogP contribution in [0.5, 0.6) is 11.5 Å². The first kappa shape index (κ1) is 12.0. The average Bonchev–Trinajstić information content (AvgIpc) is 2.81. The molecule has 0 atom stereocenters. The summed E-state index contributed by atoms with van der Waals surface area (Å²) in [6.07, 6.45) is 4.89. The van der Waals surface area contributed by atoms with E-state index in [0.717, 1.165) is 12.8 Å². The van der Waals surface area contributed by atoms with E-state index >= 15 is 0 Å². The number of hydrogen-bond acceptors (Lipinski definition) is 3. The standard InChI is InChI=1S/C14H18O3/c1-10(15)11-7-8-13(16-2)14(9-11)17-12-5-3-4-6-12/h7-9,12H,3-6H2,1-2H3. The van der Waals surface area contributed by atoms with Crippen molar-refractivity contribution < 1.29 is 14.3 Å². The summed E-state index contributed by atoms with van der Waals surface area (Å²) in [6, 6.07) is 5.34. The van der Waals surface area contributed by atoms with E-state index in [9.17, 15) is 4.79 Å². The Balaban J connectivity index is 2.21. The van der Waals surface area contributed by atoms with Crippen LogP contribution in [0.2, 0.25) is 0 Å². The van der Waals surface area contributed by atoms with E-state index in [1.165, 1.54) is 12.8 Å². The number of benzene rings is 1. The molecular weight excluding hydrogens is 216 g/mol. The first-order chi connectivity index (χ1) is 8.20. The SMILES string of the molecule is COc1ccc(C(C)=O)cc1OC1CCCC1. The highest BCUT2D eigenvalue weighted by Crippen LogP contribution is 2.32. The summed E-state index contributed by atoms with van der Waals surface area (Å²) in [5.74, 6) is 1.43. The summed E-state index contributed by atoms with van der Waals surface area (Å²) < 4.78 is 11.2. The summed E-state index contributed by atoms with van der Waals surface area (Å²) in [6.45, 7) is 1.56. The average molecular weight is 234 g/mol. The Morgan fingerprint density at radius 3 is 2.53 bits per heavy atom. The molecule has 1 fully saturated rings. The van der Waals surface area contributed by atoms with Crippen LogP contribution in [0.25, 0.3) is 0 Å². The van der Waals surface area contributed by atoms with Gasteiger partial charge in [-0.2, -0.15) is 0 Å². The second-order valence-electron chi connectivity index (χ2n) is 4.45. The number of hydrogen-bond donors (Lipinski definition) is 0. The molecule has 3 heteroatoms. The Morgan fingerprint density at radius 2 is 1.94 bits per heavy atom. The Labute approximate surface area is 102 Å². The van der Waals surface area contributed by atoms with Crippen molar-refractivity contribution in [3.63, 3.8) is 0 Å². The lowest BCUT2D eigenvalue weighted by atomic mass is 10.1. The maximum Gasteiger partial charge on any atom is 0.162 e. The number of carbonyl (C=O) groups is 1. The molecule has 0 aromatic heterocycles. The minimum absolute atomic E-state index is 0.0453. The van der Waals surface area contributed by atoms with Crippen molar-refractivity contribution in [2.45, 2.75) is 38.7 Å². The van der Waals surface area contributed by atoms with Gasteiger partial charge in [0.2, 0.25) is 0 Å². The summed E-state index contributed by atoms with van der Waals surface area (Å²) in [5.41, 5.74) is 0.666. The molecule has 0 unspecified atom stereocenters. The summed E-state index contributed by atoms with van der Waals surface area (Å²) in [7, 11) is 1.62. The predicted molar refractivity (Wildman–Crippen MR) is 65.9 cm³/mol. The zero-order valence-electron chi connectivity index (χ0n) is 10.4. The smallest absolute Gasteiger partial charge is 0.162 e. The molecule has 0 bridgehead atoms. The fraction of sp³-hybridized carbons (Fsp3) is 0.500. The fourth-order valence-electron chi connectivity index (χ4n) is 2.17. The van der Waals surface area contributed by atoms with Crippen LogP contribution in [0, 0.1) is 0 Å². The van der Waals surface area contributed by atoms with Gasteiger partial charge in [-0.1, -0.05) is 0 Å². The van der Waals surface area contributed by atoms with Gasteiger partial charge >= 0.3 is 0 Å². The zero-order chi connectivity index (χ0) is 12.3. The van der Waals surface area contributed by atoms with Crippen LogP contribution in [-0.2, 0) is 0 Å². The van der Waals surface area contributed by atoms with Crippen LogP contribution in [0.1, 0.15) is 43.0 Å². The number of rotatable bonds is 4. The van der Waals surface area contributed by atoms with Gasteiger partial charge in [0.1, 0.15) is 0 Å². The van der Waals surface area contributed by atoms with Crippen molar-refractivity contribution in [2.24, 2.45) is 0 Å². The van der Waals surface area contributed by atoms with E-state index in [1.54, 1.807) is 32.2 Å². The van der Waals surface area contributed by atoms with Crippen molar-refractivity contribution in [3.8, 4) is 11.5 Å². The molecule has 1 aromatic carbocycles. The van der Waals surface area contributed by atoms with E-state index in [1.807, 2.05) is 0 Å². The molecule has 0 aliphatic heterocycles. The van der Waals surface area contributed by atoms with Gasteiger partial charge in [0, 0.05) is 5.56 Å². The molecule has 0 radical (unpaired) electrons. The van der Waals surface area contributed by atoms with E-state index in [0.29, 0.717) is 17.1 Å². The minimum atomic E-state index is 0.0453. The fourth-order valence-corrected chi connectivity index (χ4v) is 2.17. The molecule has 3 nitrogen and oxygen atoms in total. The molecule has 0 heterocycles. The molecule has 0 N–H and O–H groups in total. The molecule has 0 spiro atoms. The van der Waals surface area contributed by atoms with E-state index in [4.69, 9.17) is 9.47 Å². The third-order valence-corrected chi connectivity index (χ3v) is 3.17. The van der Waals surface area contributed by atoms with Crippen LogP contribution in [-0.4, -0.2) is 19.0 Å². The number of Topliss-reactive ketones (excluding diaryl/α,β-unsaturated/α-hetero) is 1. The van der Waals surface area contributed by atoms with Crippen molar-refractivity contribution in [2.75, 3.05) is 7.11 Å². The summed E-state index contributed by atoms with van der Waals surface area (Å²) in [4.78, 5) is 11.3. The molecule has 1 aliphatic carbocycles. The maximum absolute atomic E-state index is 11.3.